The summed E-state index contributed by atoms with van der Waals surface area (Å²) in [7, 11) is 0. The molecular weight excluding hydrogens is 442 g/mol. The largest absolute Gasteiger partial charge is 0.481 e. The summed E-state index contributed by atoms with van der Waals surface area (Å²) >= 11 is 0. The summed E-state index contributed by atoms with van der Waals surface area (Å²) in [6.45, 7) is 7.58. The van der Waals surface area contributed by atoms with Crippen molar-refractivity contribution in [2.75, 3.05) is 61.3 Å². The minimum Gasteiger partial charge on any atom is -0.481 e. The summed E-state index contributed by atoms with van der Waals surface area (Å²) in [5.74, 6) is 0.841. The van der Waals surface area contributed by atoms with E-state index in [-0.39, 0.29) is 11.8 Å². The van der Waals surface area contributed by atoms with Gasteiger partial charge in [-0.15, -0.1) is 0 Å². The van der Waals surface area contributed by atoms with Gasteiger partial charge >= 0.3 is 0 Å². The number of amides is 2. The molecule has 3 saturated heterocycles. The fraction of sp³-hybridized carbons (Fsp3) is 0.481. The van der Waals surface area contributed by atoms with E-state index in [0.29, 0.717) is 18.6 Å². The van der Waals surface area contributed by atoms with Crippen LogP contribution < -0.4 is 25.6 Å². The molecule has 3 aliphatic heterocycles. The highest BCUT2D eigenvalue weighted by Crippen LogP contribution is 2.26. The average molecular weight is 478 g/mol. The number of piperazine rings is 1. The molecule has 0 radical (unpaired) electrons. The van der Waals surface area contributed by atoms with Crippen molar-refractivity contribution >= 4 is 28.9 Å². The summed E-state index contributed by atoms with van der Waals surface area (Å²) in [6.07, 6.45) is 2.62. The minimum atomic E-state index is -0.597. The van der Waals surface area contributed by atoms with Crippen molar-refractivity contribution < 1.29 is 14.3 Å². The van der Waals surface area contributed by atoms with Gasteiger partial charge in [-0.1, -0.05) is 0 Å². The van der Waals surface area contributed by atoms with Gasteiger partial charge in [-0.25, -0.2) is 0 Å². The second kappa shape index (κ2) is 10.6. The predicted molar refractivity (Wildman–Crippen MR) is 138 cm³/mol. The Hall–Kier alpha value is -3.26. The van der Waals surface area contributed by atoms with Crippen LogP contribution in [0, 0.1) is 5.92 Å². The molecule has 8 nitrogen and oxygen atoms in total. The van der Waals surface area contributed by atoms with Crippen LogP contribution >= 0.6 is 0 Å². The first-order valence-electron chi connectivity index (χ1n) is 12.7. The van der Waals surface area contributed by atoms with Gasteiger partial charge in [-0.3, -0.25) is 19.8 Å². The lowest BCUT2D eigenvalue weighted by molar-refractivity contribution is -0.138. The lowest BCUT2D eigenvalue weighted by Crippen LogP contribution is -2.49. The lowest BCUT2D eigenvalue weighted by atomic mass is 9.95. The van der Waals surface area contributed by atoms with Crippen molar-refractivity contribution in [2.45, 2.75) is 31.8 Å². The standard InChI is InChI=1S/C27H35N5O3/c28-21-1-3-22(4-2-21)31-13-11-20(12-14-31)19-30-15-17-32(18-16-30)23-5-7-24(8-6-23)35-25-9-10-26(33)29-27(25)34/h1-8,20,25H,9-19,28H2,(H,29,33,34). The van der Waals surface area contributed by atoms with E-state index in [0.717, 1.165) is 50.9 Å². The van der Waals surface area contributed by atoms with Crippen molar-refractivity contribution in [1.29, 1.82) is 0 Å². The molecule has 1 unspecified atom stereocenters. The van der Waals surface area contributed by atoms with E-state index in [1.54, 1.807) is 0 Å². The van der Waals surface area contributed by atoms with E-state index in [1.807, 2.05) is 24.3 Å². The van der Waals surface area contributed by atoms with Crippen molar-refractivity contribution in [1.82, 2.24) is 10.2 Å². The van der Waals surface area contributed by atoms with E-state index in [4.69, 9.17) is 10.5 Å². The zero-order valence-corrected chi connectivity index (χ0v) is 20.2. The number of rotatable bonds is 6. The third-order valence-electron chi connectivity index (χ3n) is 7.43. The molecular formula is C27H35N5O3. The Morgan fingerprint density at radius 1 is 0.800 bits per heavy atom. The van der Waals surface area contributed by atoms with Crippen molar-refractivity contribution in [3.05, 3.63) is 48.5 Å². The maximum atomic E-state index is 11.9. The number of nitrogens with two attached hydrogens (primary N) is 1. The van der Waals surface area contributed by atoms with Crippen LogP contribution in [0.15, 0.2) is 48.5 Å². The van der Waals surface area contributed by atoms with Gasteiger partial charge < -0.3 is 20.3 Å². The fourth-order valence-electron chi connectivity index (χ4n) is 5.30. The van der Waals surface area contributed by atoms with Gasteiger partial charge in [0.25, 0.3) is 5.91 Å². The summed E-state index contributed by atoms with van der Waals surface area (Å²) in [5, 5.41) is 2.34. The number of piperidine rings is 2. The third-order valence-corrected chi connectivity index (χ3v) is 7.43. The topological polar surface area (TPSA) is 91.1 Å². The molecule has 0 aromatic heterocycles. The number of anilines is 3. The number of hydrogen-bond donors (Lipinski definition) is 2. The minimum absolute atomic E-state index is 0.229. The molecule has 0 bridgehead atoms. The van der Waals surface area contributed by atoms with Crippen LogP contribution in [0.1, 0.15) is 25.7 Å². The number of carbonyl (C=O) groups is 2. The van der Waals surface area contributed by atoms with Gasteiger partial charge in [0.1, 0.15) is 5.75 Å². The Bertz CT molecular complexity index is 1010. The number of imide groups is 1. The first-order chi connectivity index (χ1) is 17.0. The van der Waals surface area contributed by atoms with Crippen molar-refractivity contribution in [3.8, 4) is 5.75 Å². The van der Waals surface area contributed by atoms with Crippen LogP contribution in [0.4, 0.5) is 17.1 Å². The molecule has 3 heterocycles. The Labute approximate surface area is 207 Å². The molecule has 0 saturated carbocycles. The molecule has 1 atom stereocenters. The highest BCUT2D eigenvalue weighted by atomic mass is 16.5. The van der Waals surface area contributed by atoms with Crippen molar-refractivity contribution in [2.24, 2.45) is 5.92 Å². The average Bonchev–Trinajstić information content (AvgIpc) is 2.88. The van der Waals surface area contributed by atoms with E-state index in [2.05, 4.69) is 44.3 Å². The van der Waals surface area contributed by atoms with E-state index in [9.17, 15) is 9.59 Å². The molecule has 0 aliphatic carbocycles. The molecule has 186 valence electrons. The molecule has 2 aromatic carbocycles. The smallest absolute Gasteiger partial charge is 0.267 e. The van der Waals surface area contributed by atoms with Crippen LogP contribution in [0.2, 0.25) is 0 Å². The SMILES string of the molecule is Nc1ccc(N2CCC(CN3CCN(c4ccc(OC5CCC(=O)NC5=O)cc4)CC3)CC2)cc1. The molecule has 2 amide bonds. The maximum absolute atomic E-state index is 11.9. The molecule has 8 heteroatoms. The lowest BCUT2D eigenvalue weighted by Gasteiger charge is -2.40. The van der Waals surface area contributed by atoms with Crippen LogP contribution in [-0.2, 0) is 9.59 Å². The number of ether oxygens (including phenoxy) is 1. The summed E-state index contributed by atoms with van der Waals surface area (Å²) in [5.41, 5.74) is 9.10. The second-order valence-corrected chi connectivity index (χ2v) is 9.86. The van der Waals surface area contributed by atoms with Gasteiger partial charge in [0.05, 0.1) is 0 Å². The third kappa shape index (κ3) is 5.88. The first-order valence-corrected chi connectivity index (χ1v) is 12.7. The van der Waals surface area contributed by atoms with Gasteiger partial charge in [0.2, 0.25) is 5.91 Å². The normalized spacial score (nSPS) is 22.2. The maximum Gasteiger partial charge on any atom is 0.267 e. The molecule has 5 rings (SSSR count). The number of hydrogen-bond acceptors (Lipinski definition) is 7. The zero-order valence-electron chi connectivity index (χ0n) is 20.2. The summed E-state index contributed by atoms with van der Waals surface area (Å²) < 4.78 is 5.80. The van der Waals surface area contributed by atoms with Gasteiger partial charge in [0.15, 0.2) is 6.10 Å². The van der Waals surface area contributed by atoms with E-state index < -0.39 is 6.10 Å². The van der Waals surface area contributed by atoms with Crippen LogP contribution in [-0.4, -0.2) is 68.6 Å². The first kappa shape index (κ1) is 23.5. The van der Waals surface area contributed by atoms with Gasteiger partial charge in [-0.2, -0.15) is 0 Å². The number of carbonyl (C=O) groups excluding carboxylic acids is 2. The molecule has 35 heavy (non-hydrogen) atoms. The second-order valence-electron chi connectivity index (χ2n) is 9.86. The number of benzene rings is 2. The molecule has 3 N–H and O–H groups in total. The molecule has 3 fully saturated rings. The Morgan fingerprint density at radius 2 is 1.40 bits per heavy atom. The highest BCUT2D eigenvalue weighted by Gasteiger charge is 2.28. The number of nitrogens with one attached hydrogen (secondary N) is 1. The predicted octanol–water partition coefficient (Wildman–Crippen LogP) is 2.49. The summed E-state index contributed by atoms with van der Waals surface area (Å²) in [6, 6.07) is 16.2. The van der Waals surface area contributed by atoms with Gasteiger partial charge in [-0.05, 0) is 67.3 Å². The van der Waals surface area contributed by atoms with Crippen LogP contribution in [0.5, 0.6) is 5.75 Å². The monoisotopic (exact) mass is 477 g/mol. The molecule has 3 aliphatic rings. The van der Waals surface area contributed by atoms with E-state index >= 15 is 0 Å². The van der Waals surface area contributed by atoms with Gasteiger partial charge in [0, 0.05) is 75.7 Å². The Balaban J connectivity index is 1.05. The highest BCUT2D eigenvalue weighted by molar-refractivity contribution is 5.99. The van der Waals surface area contributed by atoms with E-state index in [1.165, 1.54) is 30.8 Å². The van der Waals surface area contributed by atoms with Crippen LogP contribution in [0.25, 0.3) is 0 Å². The number of nitrogen functional groups attached to an aromatic ring is 1. The van der Waals surface area contributed by atoms with Crippen molar-refractivity contribution in [3.63, 3.8) is 0 Å². The Kier molecular flexibility index (Phi) is 7.08. The molecule has 0 spiro atoms. The van der Waals surface area contributed by atoms with Crippen LogP contribution in [0.3, 0.4) is 0 Å². The quantitative estimate of drug-likeness (QED) is 0.488. The number of nitrogens with zero attached hydrogens (tertiary/aromatic N) is 3. The molecule has 2 aromatic rings. The fourth-order valence-corrected chi connectivity index (χ4v) is 5.30. The Morgan fingerprint density at radius 3 is 2.03 bits per heavy atom. The summed E-state index contributed by atoms with van der Waals surface area (Å²) in [4.78, 5) is 30.7. The zero-order chi connectivity index (χ0) is 24.2.